The summed E-state index contributed by atoms with van der Waals surface area (Å²) in [4.78, 5) is 15.1. The Labute approximate surface area is 117 Å². The molecule has 0 atom stereocenters. The van der Waals surface area contributed by atoms with Gasteiger partial charge in [-0.3, -0.25) is 4.79 Å². The highest BCUT2D eigenvalue weighted by atomic mass is 19.4. The Morgan fingerprint density at radius 2 is 1.90 bits per heavy atom. The number of para-hydroxylation sites is 1. The van der Waals surface area contributed by atoms with E-state index in [0.29, 0.717) is 0 Å². The van der Waals surface area contributed by atoms with Crippen molar-refractivity contribution in [2.75, 3.05) is 11.1 Å². The summed E-state index contributed by atoms with van der Waals surface area (Å²) in [5.41, 5.74) is 9.62. The molecule has 0 saturated heterocycles. The lowest BCUT2D eigenvalue weighted by Gasteiger charge is -2.15. The summed E-state index contributed by atoms with van der Waals surface area (Å²) in [6, 6.07) is 6.08. The zero-order chi connectivity index (χ0) is 15.6. The maximum atomic E-state index is 12.9. The third-order valence-corrected chi connectivity index (χ3v) is 2.66. The van der Waals surface area contributed by atoms with Gasteiger partial charge in [-0.2, -0.15) is 13.2 Å². The quantitative estimate of drug-likeness (QED) is 0.811. The van der Waals surface area contributed by atoms with E-state index in [-0.39, 0.29) is 22.8 Å². The second-order valence-corrected chi connectivity index (χ2v) is 4.20. The van der Waals surface area contributed by atoms with Gasteiger partial charge in [0.25, 0.3) is 5.91 Å². The summed E-state index contributed by atoms with van der Waals surface area (Å²) in [6.45, 7) is 0. The van der Waals surface area contributed by atoms with Gasteiger partial charge in [-0.15, -0.1) is 0 Å². The van der Waals surface area contributed by atoms with Crippen LogP contribution in [-0.2, 0) is 6.18 Å². The number of pyridine rings is 1. The minimum absolute atomic E-state index is 0.0894. The smallest absolute Gasteiger partial charge is 0.397 e. The van der Waals surface area contributed by atoms with Gasteiger partial charge in [0.2, 0.25) is 0 Å². The zero-order valence-electron chi connectivity index (χ0n) is 10.6. The molecule has 0 aliphatic heterocycles. The molecule has 0 radical (unpaired) electrons. The lowest BCUT2D eigenvalue weighted by atomic mass is 10.1. The maximum Gasteiger partial charge on any atom is 0.418 e. The van der Waals surface area contributed by atoms with Gasteiger partial charge in [0.1, 0.15) is 5.82 Å². The number of nitrogens with zero attached hydrogens (tertiary/aromatic N) is 1. The van der Waals surface area contributed by atoms with Crippen molar-refractivity contribution >= 4 is 23.1 Å². The van der Waals surface area contributed by atoms with E-state index in [4.69, 9.17) is 11.5 Å². The van der Waals surface area contributed by atoms with Crippen LogP contribution in [0.3, 0.4) is 0 Å². The molecule has 8 heteroatoms. The van der Waals surface area contributed by atoms with Crippen LogP contribution in [0, 0.1) is 0 Å². The molecule has 1 aromatic heterocycles. The van der Waals surface area contributed by atoms with Gasteiger partial charge in [0, 0.05) is 0 Å². The molecule has 21 heavy (non-hydrogen) atoms. The first-order valence-electron chi connectivity index (χ1n) is 5.77. The third kappa shape index (κ3) is 3.22. The zero-order valence-corrected chi connectivity index (χ0v) is 10.6. The van der Waals surface area contributed by atoms with Crippen molar-refractivity contribution in [3.63, 3.8) is 0 Å². The van der Waals surface area contributed by atoms with Crippen molar-refractivity contribution in [1.82, 2.24) is 4.98 Å². The minimum atomic E-state index is -4.54. The summed E-state index contributed by atoms with van der Waals surface area (Å²) in [5, 5.41) is 2.47. The third-order valence-electron chi connectivity index (χ3n) is 2.66. The van der Waals surface area contributed by atoms with Crippen molar-refractivity contribution < 1.29 is 18.0 Å². The van der Waals surface area contributed by atoms with Crippen LogP contribution < -0.4 is 16.8 Å². The fourth-order valence-electron chi connectivity index (χ4n) is 1.74. The minimum Gasteiger partial charge on any atom is -0.397 e. The number of carbonyl (C=O) groups is 1. The van der Waals surface area contributed by atoms with Gasteiger partial charge in [-0.1, -0.05) is 12.1 Å². The van der Waals surface area contributed by atoms with E-state index >= 15 is 0 Å². The van der Waals surface area contributed by atoms with Crippen molar-refractivity contribution in [2.24, 2.45) is 5.73 Å². The Balaban J connectivity index is 2.47. The van der Waals surface area contributed by atoms with E-state index in [0.717, 1.165) is 6.07 Å². The Morgan fingerprint density at radius 1 is 1.24 bits per heavy atom. The van der Waals surface area contributed by atoms with Crippen molar-refractivity contribution in [1.29, 1.82) is 0 Å². The van der Waals surface area contributed by atoms with Crippen LogP contribution in [0.5, 0.6) is 0 Å². The Bertz CT molecular complexity index is 685. The highest BCUT2D eigenvalue weighted by Gasteiger charge is 2.33. The molecule has 110 valence electrons. The number of amides is 1. The van der Waals surface area contributed by atoms with E-state index in [1.54, 1.807) is 0 Å². The van der Waals surface area contributed by atoms with E-state index in [1.807, 2.05) is 0 Å². The second kappa shape index (κ2) is 5.31. The molecule has 2 aromatic rings. The Kier molecular flexibility index (Phi) is 3.70. The van der Waals surface area contributed by atoms with Gasteiger partial charge >= 0.3 is 6.18 Å². The van der Waals surface area contributed by atoms with Gasteiger partial charge < -0.3 is 16.8 Å². The number of carbonyl (C=O) groups excluding carboxylic acids is 1. The van der Waals surface area contributed by atoms with Gasteiger partial charge in [0.15, 0.2) is 0 Å². The Hall–Kier alpha value is -2.77. The maximum absolute atomic E-state index is 12.9. The molecule has 0 spiro atoms. The molecule has 0 aliphatic carbocycles. The molecule has 1 heterocycles. The first-order valence-corrected chi connectivity index (χ1v) is 5.77. The number of anilines is 3. The number of halogens is 3. The highest BCUT2D eigenvalue weighted by molar-refractivity contribution is 5.99. The number of primary amides is 1. The number of hydrogen-bond donors (Lipinski definition) is 3. The largest absolute Gasteiger partial charge is 0.418 e. The number of aromatic nitrogens is 1. The molecular weight excluding hydrogens is 285 g/mol. The first-order chi connectivity index (χ1) is 9.79. The number of nitrogen functional groups attached to an aromatic ring is 1. The normalized spacial score (nSPS) is 11.2. The SMILES string of the molecule is NC(=O)c1cc(N)cnc1Nc1ccccc1C(F)(F)F. The summed E-state index contributed by atoms with van der Waals surface area (Å²) >= 11 is 0. The van der Waals surface area contributed by atoms with E-state index in [1.165, 1.54) is 30.5 Å². The van der Waals surface area contributed by atoms with Crippen molar-refractivity contribution in [2.45, 2.75) is 6.18 Å². The van der Waals surface area contributed by atoms with Gasteiger partial charge in [0.05, 0.1) is 28.7 Å². The molecule has 0 aliphatic rings. The lowest BCUT2D eigenvalue weighted by molar-refractivity contribution is -0.136. The van der Waals surface area contributed by atoms with Crippen LogP contribution in [0.25, 0.3) is 0 Å². The number of nitrogens with one attached hydrogen (secondary N) is 1. The standard InChI is InChI=1S/C13H11F3N4O/c14-13(15,16)9-3-1-2-4-10(9)20-12-8(11(18)21)5-7(17)6-19-12/h1-6H,17H2,(H2,18,21)(H,19,20). The number of hydrogen-bond acceptors (Lipinski definition) is 4. The lowest BCUT2D eigenvalue weighted by Crippen LogP contribution is -2.16. The molecule has 1 aromatic carbocycles. The fourth-order valence-corrected chi connectivity index (χ4v) is 1.74. The number of benzene rings is 1. The molecule has 1 amide bonds. The van der Waals surface area contributed by atoms with Crippen LogP contribution in [0.1, 0.15) is 15.9 Å². The predicted molar refractivity (Wildman–Crippen MR) is 71.9 cm³/mol. The molecule has 0 bridgehead atoms. The molecule has 0 unspecified atom stereocenters. The summed E-state index contributed by atoms with van der Waals surface area (Å²) < 4.78 is 38.7. The van der Waals surface area contributed by atoms with Gasteiger partial charge in [-0.05, 0) is 18.2 Å². The van der Waals surface area contributed by atoms with Crippen molar-refractivity contribution in [3.8, 4) is 0 Å². The summed E-state index contributed by atoms with van der Waals surface area (Å²) in [6.07, 6.45) is -3.32. The fraction of sp³-hybridized carbons (Fsp3) is 0.0769. The summed E-state index contributed by atoms with van der Waals surface area (Å²) in [7, 11) is 0. The van der Waals surface area contributed by atoms with Gasteiger partial charge in [-0.25, -0.2) is 4.98 Å². The molecular formula is C13H11F3N4O. The topological polar surface area (TPSA) is 94.0 Å². The highest BCUT2D eigenvalue weighted by Crippen LogP contribution is 2.36. The van der Waals surface area contributed by atoms with Crippen LogP contribution in [0.4, 0.5) is 30.4 Å². The van der Waals surface area contributed by atoms with E-state index < -0.39 is 17.6 Å². The van der Waals surface area contributed by atoms with E-state index in [2.05, 4.69) is 10.3 Å². The van der Waals surface area contributed by atoms with Crippen LogP contribution in [0.2, 0.25) is 0 Å². The average molecular weight is 296 g/mol. The molecule has 2 rings (SSSR count). The first kappa shape index (κ1) is 14.6. The van der Waals surface area contributed by atoms with E-state index in [9.17, 15) is 18.0 Å². The monoisotopic (exact) mass is 296 g/mol. The Morgan fingerprint density at radius 3 is 2.52 bits per heavy atom. The predicted octanol–water partition coefficient (Wildman–Crippen LogP) is 2.53. The molecule has 5 nitrogen and oxygen atoms in total. The molecule has 5 N–H and O–H groups in total. The number of rotatable bonds is 3. The number of nitrogens with two attached hydrogens (primary N) is 2. The summed E-state index contributed by atoms with van der Waals surface area (Å²) in [5.74, 6) is -0.935. The average Bonchev–Trinajstić information content (AvgIpc) is 2.40. The van der Waals surface area contributed by atoms with Crippen LogP contribution >= 0.6 is 0 Å². The van der Waals surface area contributed by atoms with Crippen LogP contribution in [0.15, 0.2) is 36.5 Å². The van der Waals surface area contributed by atoms with Crippen molar-refractivity contribution in [3.05, 3.63) is 47.7 Å². The number of alkyl halides is 3. The second-order valence-electron chi connectivity index (χ2n) is 4.20. The molecule has 0 saturated carbocycles. The van der Waals surface area contributed by atoms with Crippen LogP contribution in [-0.4, -0.2) is 10.9 Å². The molecule has 0 fully saturated rings.